The second kappa shape index (κ2) is 5.07. The number of methoxy groups -OCH3 is 1. The van der Waals surface area contributed by atoms with Crippen LogP contribution >= 0.6 is 0 Å². The summed E-state index contributed by atoms with van der Waals surface area (Å²) in [4.78, 5) is 7.99. The lowest BCUT2D eigenvalue weighted by Gasteiger charge is -2.18. The van der Waals surface area contributed by atoms with Crippen molar-refractivity contribution in [1.82, 2.24) is 25.0 Å². The Kier molecular flexibility index (Phi) is 3.16. The minimum Gasteiger partial charge on any atom is -0.394 e. The number of fused-ring (bicyclic) bond motifs is 2. The fraction of sp³-hybridized carbons (Fsp3) is 0.636. The first-order chi connectivity index (χ1) is 10.7. The van der Waals surface area contributed by atoms with Gasteiger partial charge in [0.15, 0.2) is 23.2 Å². The average Bonchev–Trinajstić information content (AvgIpc) is 3.19. The third kappa shape index (κ3) is 1.87. The van der Waals surface area contributed by atoms with Crippen LogP contribution in [0.1, 0.15) is 6.23 Å². The SMILES string of the molecule is COC1O[C@@H]2[C@H](O1)[C@@H](CO)O[C@H]2n1nnc2c(N)ncnc21. The predicted octanol–water partition coefficient (Wildman–Crippen LogP) is -1.59. The number of aliphatic hydroxyl groups is 1. The van der Waals surface area contributed by atoms with E-state index in [0.717, 1.165) is 0 Å². The zero-order valence-corrected chi connectivity index (χ0v) is 11.6. The molecule has 22 heavy (non-hydrogen) atoms. The zero-order chi connectivity index (χ0) is 15.3. The van der Waals surface area contributed by atoms with Gasteiger partial charge in [0.05, 0.1) is 6.61 Å². The van der Waals surface area contributed by atoms with E-state index in [4.69, 9.17) is 24.7 Å². The number of hydrogen-bond acceptors (Lipinski definition) is 10. The molecule has 5 atom stereocenters. The third-order valence-electron chi connectivity index (χ3n) is 3.72. The second-order valence-electron chi connectivity index (χ2n) is 4.94. The molecule has 0 aliphatic carbocycles. The number of nitrogens with two attached hydrogens (primary N) is 1. The third-order valence-corrected chi connectivity index (χ3v) is 3.72. The van der Waals surface area contributed by atoms with Crippen LogP contribution in [-0.2, 0) is 18.9 Å². The number of aromatic nitrogens is 5. The Morgan fingerprint density at radius 1 is 1.32 bits per heavy atom. The fourth-order valence-electron chi connectivity index (χ4n) is 2.71. The summed E-state index contributed by atoms with van der Waals surface area (Å²) in [6, 6.07) is 0. The van der Waals surface area contributed by atoms with E-state index >= 15 is 0 Å². The van der Waals surface area contributed by atoms with Crippen molar-refractivity contribution in [3.63, 3.8) is 0 Å². The van der Waals surface area contributed by atoms with Gasteiger partial charge in [-0.3, -0.25) is 0 Å². The number of nitrogens with zero attached hydrogens (tertiary/aromatic N) is 5. The van der Waals surface area contributed by atoms with Gasteiger partial charge < -0.3 is 29.8 Å². The van der Waals surface area contributed by atoms with Gasteiger partial charge in [0.1, 0.15) is 24.6 Å². The van der Waals surface area contributed by atoms with Crippen molar-refractivity contribution in [3.05, 3.63) is 6.33 Å². The van der Waals surface area contributed by atoms with Crippen LogP contribution < -0.4 is 5.73 Å². The normalized spacial score (nSPS) is 34.4. The number of ether oxygens (including phenoxy) is 4. The summed E-state index contributed by atoms with van der Waals surface area (Å²) in [5.41, 5.74) is 6.54. The van der Waals surface area contributed by atoms with Crippen LogP contribution in [0.4, 0.5) is 5.82 Å². The second-order valence-corrected chi connectivity index (χ2v) is 4.94. The molecule has 4 rings (SSSR count). The average molecular weight is 310 g/mol. The van der Waals surface area contributed by atoms with Gasteiger partial charge in [-0.1, -0.05) is 5.21 Å². The van der Waals surface area contributed by atoms with E-state index in [9.17, 15) is 5.11 Å². The monoisotopic (exact) mass is 310 g/mol. The van der Waals surface area contributed by atoms with Crippen LogP contribution in [0.3, 0.4) is 0 Å². The van der Waals surface area contributed by atoms with Crippen molar-refractivity contribution in [2.75, 3.05) is 19.5 Å². The first-order valence-electron chi connectivity index (χ1n) is 6.64. The molecule has 0 bridgehead atoms. The summed E-state index contributed by atoms with van der Waals surface area (Å²) >= 11 is 0. The van der Waals surface area contributed by atoms with E-state index in [1.54, 1.807) is 0 Å². The molecule has 0 amide bonds. The maximum atomic E-state index is 9.45. The highest BCUT2D eigenvalue weighted by atomic mass is 16.9. The van der Waals surface area contributed by atoms with Crippen molar-refractivity contribution in [1.29, 1.82) is 0 Å². The lowest BCUT2D eigenvalue weighted by atomic mass is 10.1. The molecule has 2 saturated heterocycles. The van der Waals surface area contributed by atoms with E-state index in [1.807, 2.05) is 0 Å². The van der Waals surface area contributed by atoms with Crippen molar-refractivity contribution in [2.45, 2.75) is 31.0 Å². The van der Waals surface area contributed by atoms with Gasteiger partial charge in [-0.2, -0.15) is 4.68 Å². The molecule has 2 aliphatic rings. The van der Waals surface area contributed by atoms with E-state index in [0.29, 0.717) is 11.2 Å². The van der Waals surface area contributed by atoms with Crippen LogP contribution in [-0.4, -0.2) is 68.6 Å². The summed E-state index contributed by atoms with van der Waals surface area (Å²) in [6.45, 7) is -1.04. The topological polar surface area (TPSA) is 140 Å². The van der Waals surface area contributed by atoms with Gasteiger partial charge in [0, 0.05) is 7.11 Å². The lowest BCUT2D eigenvalue weighted by molar-refractivity contribution is -0.257. The van der Waals surface area contributed by atoms with Crippen LogP contribution in [0.5, 0.6) is 0 Å². The van der Waals surface area contributed by atoms with Crippen molar-refractivity contribution in [3.8, 4) is 0 Å². The summed E-state index contributed by atoms with van der Waals surface area (Å²) < 4.78 is 23.4. The predicted molar refractivity (Wildman–Crippen MR) is 69.1 cm³/mol. The summed E-state index contributed by atoms with van der Waals surface area (Å²) in [6.07, 6.45) is -0.894. The first kappa shape index (κ1) is 13.7. The highest BCUT2D eigenvalue weighted by molar-refractivity contribution is 5.80. The first-order valence-corrected chi connectivity index (χ1v) is 6.64. The number of nitrogen functional groups attached to an aromatic ring is 1. The molecule has 11 nitrogen and oxygen atoms in total. The Morgan fingerprint density at radius 3 is 2.91 bits per heavy atom. The molecule has 11 heteroatoms. The smallest absolute Gasteiger partial charge is 0.272 e. The van der Waals surface area contributed by atoms with Crippen molar-refractivity contribution >= 4 is 17.0 Å². The largest absolute Gasteiger partial charge is 0.394 e. The Balaban J connectivity index is 1.73. The molecule has 2 aliphatic heterocycles. The fourth-order valence-corrected chi connectivity index (χ4v) is 2.71. The molecule has 0 radical (unpaired) electrons. The number of anilines is 1. The maximum Gasteiger partial charge on any atom is 0.272 e. The molecular weight excluding hydrogens is 296 g/mol. The molecule has 4 heterocycles. The van der Waals surface area contributed by atoms with Crippen molar-refractivity contribution < 1.29 is 24.1 Å². The van der Waals surface area contributed by atoms with E-state index in [2.05, 4.69) is 20.3 Å². The number of hydrogen-bond donors (Lipinski definition) is 2. The van der Waals surface area contributed by atoms with Crippen LogP contribution in [0, 0.1) is 0 Å². The Morgan fingerprint density at radius 2 is 2.14 bits per heavy atom. The molecule has 1 unspecified atom stereocenters. The van der Waals surface area contributed by atoms with E-state index < -0.39 is 31.0 Å². The van der Waals surface area contributed by atoms with Gasteiger partial charge in [-0.15, -0.1) is 5.10 Å². The van der Waals surface area contributed by atoms with Gasteiger partial charge >= 0.3 is 0 Å². The number of aliphatic hydroxyl groups excluding tert-OH is 1. The quantitative estimate of drug-likeness (QED) is 0.681. The Hall–Kier alpha value is -1.92. The Labute approximate surface area is 123 Å². The molecule has 0 spiro atoms. The van der Waals surface area contributed by atoms with Gasteiger partial charge in [0.25, 0.3) is 6.48 Å². The van der Waals surface area contributed by atoms with Gasteiger partial charge in [0.2, 0.25) is 0 Å². The maximum absolute atomic E-state index is 9.45. The lowest BCUT2D eigenvalue weighted by Crippen LogP contribution is -2.31. The summed E-state index contributed by atoms with van der Waals surface area (Å²) in [5.74, 6) is 0.225. The van der Waals surface area contributed by atoms with Gasteiger partial charge in [-0.25, -0.2) is 9.97 Å². The zero-order valence-electron chi connectivity index (χ0n) is 11.6. The highest BCUT2D eigenvalue weighted by Gasteiger charge is 2.54. The van der Waals surface area contributed by atoms with Crippen molar-refractivity contribution in [2.24, 2.45) is 0 Å². The van der Waals surface area contributed by atoms with Crippen LogP contribution in [0.25, 0.3) is 11.2 Å². The van der Waals surface area contributed by atoms with E-state index in [-0.39, 0.29) is 12.4 Å². The van der Waals surface area contributed by atoms with Crippen LogP contribution in [0.15, 0.2) is 6.33 Å². The molecular formula is C11H14N6O5. The van der Waals surface area contributed by atoms with Gasteiger partial charge in [-0.05, 0) is 0 Å². The molecule has 2 aromatic heterocycles. The minimum absolute atomic E-state index is 0.221. The number of rotatable bonds is 3. The summed E-state index contributed by atoms with van der Waals surface area (Å²) in [5, 5.41) is 17.4. The van der Waals surface area contributed by atoms with Crippen LogP contribution in [0.2, 0.25) is 0 Å². The molecule has 0 aromatic carbocycles. The molecule has 0 saturated carbocycles. The molecule has 3 N–H and O–H groups in total. The molecule has 2 aromatic rings. The van der Waals surface area contributed by atoms with E-state index in [1.165, 1.54) is 18.1 Å². The standard InChI is InChI=1S/C11H14N6O5/c1-19-11-21-6-4(2-18)20-10(7(6)22-11)17-9-5(15-16-17)8(12)13-3-14-9/h3-4,6-7,10-11,18H,2H2,1H3,(H2,12,13,14)/t4-,6-,7-,10-,11?/m1/s1. The molecule has 2 fully saturated rings. The molecule has 118 valence electrons. The Bertz CT molecular complexity index is 695. The minimum atomic E-state index is -0.815. The summed E-state index contributed by atoms with van der Waals surface area (Å²) in [7, 11) is 1.47. The highest BCUT2D eigenvalue weighted by Crippen LogP contribution is 2.39.